The molecule has 0 saturated carbocycles. The van der Waals surface area contributed by atoms with Crippen LogP contribution in [0.3, 0.4) is 0 Å². The highest BCUT2D eigenvalue weighted by atomic mass is 19.1. The lowest BCUT2D eigenvalue weighted by Crippen LogP contribution is -2.51. The number of nitriles is 1. The second kappa shape index (κ2) is 10.8. The summed E-state index contributed by atoms with van der Waals surface area (Å²) < 4.78 is 34.1. The van der Waals surface area contributed by atoms with Crippen molar-refractivity contribution in [2.75, 3.05) is 25.4 Å². The Balaban J connectivity index is 1.56. The number of hydrogen-bond acceptors (Lipinski definition) is 7. The van der Waals surface area contributed by atoms with E-state index in [-0.39, 0.29) is 24.1 Å². The zero-order chi connectivity index (χ0) is 25.5. The average Bonchev–Trinajstić information content (AvgIpc) is 2.88. The van der Waals surface area contributed by atoms with Crippen molar-refractivity contribution in [3.63, 3.8) is 0 Å². The first-order chi connectivity index (χ1) is 17.4. The van der Waals surface area contributed by atoms with Crippen LogP contribution in [-0.2, 0) is 5.41 Å². The van der Waals surface area contributed by atoms with Gasteiger partial charge in [-0.2, -0.15) is 5.26 Å². The van der Waals surface area contributed by atoms with Crippen LogP contribution in [0.5, 0.6) is 5.75 Å². The quantitative estimate of drug-likeness (QED) is 0.319. The van der Waals surface area contributed by atoms with Gasteiger partial charge >= 0.3 is 6.02 Å². The summed E-state index contributed by atoms with van der Waals surface area (Å²) in [5, 5.41) is 12.0. The SMILES string of the molecule is N#CN=C(Oc1ccccc1)N1CCC(CNC(=O)c2nccnc2N)(c2cc(F)cc(F)c2)CC1. The van der Waals surface area contributed by atoms with Crippen molar-refractivity contribution in [1.82, 2.24) is 20.2 Å². The van der Waals surface area contributed by atoms with Gasteiger partial charge in [0.05, 0.1) is 0 Å². The van der Waals surface area contributed by atoms with Gasteiger partial charge in [-0.15, -0.1) is 4.99 Å². The summed E-state index contributed by atoms with van der Waals surface area (Å²) in [7, 11) is 0. The lowest BCUT2D eigenvalue weighted by Gasteiger charge is -2.42. The third-order valence-corrected chi connectivity index (χ3v) is 6.09. The zero-order valence-corrected chi connectivity index (χ0v) is 19.2. The molecule has 1 saturated heterocycles. The number of nitrogens with two attached hydrogens (primary N) is 1. The van der Waals surface area contributed by atoms with Crippen LogP contribution in [0.2, 0.25) is 0 Å². The van der Waals surface area contributed by atoms with Gasteiger partial charge in [-0.3, -0.25) is 4.79 Å². The maximum Gasteiger partial charge on any atom is 0.308 e. The number of benzene rings is 2. The number of amidine groups is 1. The molecular weight excluding hydrogens is 468 g/mol. The number of carbonyl (C=O) groups is 1. The van der Waals surface area contributed by atoms with Crippen LogP contribution >= 0.6 is 0 Å². The van der Waals surface area contributed by atoms with Crippen molar-refractivity contribution in [3.8, 4) is 11.9 Å². The standard InChI is InChI=1S/C25H23F2N7O2/c26-18-12-17(13-19(27)14-18)25(15-32-23(35)21-22(29)31-9-8-30-21)6-10-34(11-7-25)24(33-16-28)36-20-4-2-1-3-5-20/h1-5,8-9,12-14H,6-7,10-11,15H2,(H2,29,31)(H,32,35). The molecule has 3 aromatic rings. The van der Waals surface area contributed by atoms with E-state index in [1.807, 2.05) is 6.07 Å². The average molecular weight is 492 g/mol. The van der Waals surface area contributed by atoms with Gasteiger partial charge in [0.2, 0.25) is 6.19 Å². The summed E-state index contributed by atoms with van der Waals surface area (Å²) in [6.07, 6.45) is 5.25. The van der Waals surface area contributed by atoms with E-state index < -0.39 is 23.0 Å². The van der Waals surface area contributed by atoms with Gasteiger partial charge in [0, 0.05) is 43.5 Å². The largest absolute Gasteiger partial charge is 0.425 e. The van der Waals surface area contributed by atoms with Gasteiger partial charge in [0.25, 0.3) is 5.91 Å². The van der Waals surface area contributed by atoms with Crippen LogP contribution in [-0.4, -0.2) is 46.4 Å². The van der Waals surface area contributed by atoms with Crippen molar-refractivity contribution in [3.05, 3.63) is 83.8 Å². The van der Waals surface area contributed by atoms with Gasteiger partial charge in [-0.25, -0.2) is 18.7 Å². The number of nitrogens with zero attached hydrogens (tertiary/aromatic N) is 5. The number of piperidine rings is 1. The molecule has 184 valence electrons. The van der Waals surface area contributed by atoms with Crippen molar-refractivity contribution >= 4 is 17.7 Å². The monoisotopic (exact) mass is 491 g/mol. The topological polar surface area (TPSA) is 130 Å². The second-order valence-corrected chi connectivity index (χ2v) is 8.31. The van der Waals surface area contributed by atoms with E-state index in [1.165, 1.54) is 24.5 Å². The van der Waals surface area contributed by atoms with Crippen molar-refractivity contribution < 1.29 is 18.3 Å². The first-order valence-corrected chi connectivity index (χ1v) is 11.2. The van der Waals surface area contributed by atoms with Gasteiger partial charge < -0.3 is 20.7 Å². The summed E-state index contributed by atoms with van der Waals surface area (Å²) >= 11 is 0. The number of hydrogen-bond donors (Lipinski definition) is 2. The third kappa shape index (κ3) is 5.55. The third-order valence-electron chi connectivity index (χ3n) is 6.09. The molecule has 11 heteroatoms. The number of likely N-dealkylation sites (tertiary alicyclic amines) is 1. The summed E-state index contributed by atoms with van der Waals surface area (Å²) in [6, 6.07) is 12.4. The maximum absolute atomic E-state index is 14.2. The predicted octanol–water partition coefficient (Wildman–Crippen LogP) is 3.02. The van der Waals surface area contributed by atoms with Crippen molar-refractivity contribution in [2.24, 2.45) is 4.99 Å². The van der Waals surface area contributed by atoms with E-state index in [9.17, 15) is 13.6 Å². The molecule has 4 rings (SSSR count). The molecule has 0 radical (unpaired) electrons. The molecule has 36 heavy (non-hydrogen) atoms. The van der Waals surface area contributed by atoms with Crippen molar-refractivity contribution in [1.29, 1.82) is 5.26 Å². The molecule has 1 aliphatic rings. The molecule has 1 aliphatic heterocycles. The van der Waals surface area contributed by atoms with Gasteiger partial charge in [-0.05, 0) is 42.7 Å². The van der Waals surface area contributed by atoms with E-state index in [0.29, 0.717) is 37.2 Å². The molecule has 3 N–H and O–H groups in total. The minimum absolute atomic E-state index is 0.0221. The van der Waals surface area contributed by atoms with Crippen LogP contribution in [0.15, 0.2) is 65.9 Å². The van der Waals surface area contributed by atoms with E-state index in [0.717, 1.165) is 6.07 Å². The Kier molecular flexibility index (Phi) is 7.34. The van der Waals surface area contributed by atoms with Crippen LogP contribution in [0.25, 0.3) is 0 Å². The number of halogens is 2. The number of nitrogens with one attached hydrogen (secondary N) is 1. The molecule has 2 aromatic carbocycles. The van der Waals surface area contributed by atoms with E-state index in [2.05, 4.69) is 20.3 Å². The van der Waals surface area contributed by atoms with Crippen LogP contribution in [0.1, 0.15) is 28.9 Å². The maximum atomic E-state index is 14.2. The van der Waals surface area contributed by atoms with Crippen molar-refractivity contribution in [2.45, 2.75) is 18.3 Å². The molecule has 0 unspecified atom stereocenters. The number of anilines is 1. The van der Waals surface area contributed by atoms with E-state index in [1.54, 1.807) is 35.4 Å². The van der Waals surface area contributed by atoms with Crippen LogP contribution in [0, 0.1) is 23.1 Å². The molecule has 1 aromatic heterocycles. The Labute approximate surface area is 206 Å². The number of para-hydroxylation sites is 1. The molecule has 0 aliphatic carbocycles. The molecule has 9 nitrogen and oxygen atoms in total. The van der Waals surface area contributed by atoms with Crippen LogP contribution in [0.4, 0.5) is 14.6 Å². The Hall–Kier alpha value is -4.59. The molecular formula is C25H23F2N7O2. The number of nitrogen functional groups attached to an aromatic ring is 1. The summed E-state index contributed by atoms with van der Waals surface area (Å²) in [5.74, 6) is -1.47. The van der Waals surface area contributed by atoms with E-state index >= 15 is 0 Å². The molecule has 2 heterocycles. The summed E-state index contributed by atoms with van der Waals surface area (Å²) in [4.78, 5) is 26.2. The first kappa shape index (κ1) is 24.5. The normalized spacial score (nSPS) is 15.1. The lowest BCUT2D eigenvalue weighted by molar-refractivity contribution is 0.0926. The lowest BCUT2D eigenvalue weighted by atomic mass is 9.72. The number of rotatable bonds is 5. The molecule has 0 spiro atoms. The van der Waals surface area contributed by atoms with Gasteiger partial charge in [0.15, 0.2) is 11.5 Å². The smallest absolute Gasteiger partial charge is 0.308 e. The second-order valence-electron chi connectivity index (χ2n) is 8.31. The molecule has 1 amide bonds. The highest BCUT2D eigenvalue weighted by Gasteiger charge is 2.39. The highest BCUT2D eigenvalue weighted by molar-refractivity contribution is 5.96. The number of aromatic nitrogens is 2. The Bertz CT molecular complexity index is 1280. The number of aliphatic imine (C=N–C) groups is 1. The Morgan fingerprint density at radius 1 is 1.14 bits per heavy atom. The number of ether oxygens (including phenoxy) is 1. The van der Waals surface area contributed by atoms with Gasteiger partial charge in [0.1, 0.15) is 17.4 Å². The fourth-order valence-electron chi connectivity index (χ4n) is 4.21. The summed E-state index contributed by atoms with van der Waals surface area (Å²) in [6.45, 7) is 0.784. The number of carbonyl (C=O) groups excluding carboxylic acids is 1. The summed E-state index contributed by atoms with van der Waals surface area (Å²) in [5.41, 5.74) is 5.33. The fraction of sp³-hybridized carbons (Fsp3) is 0.240. The first-order valence-electron chi connectivity index (χ1n) is 11.2. The zero-order valence-electron chi connectivity index (χ0n) is 19.2. The van der Waals surface area contributed by atoms with E-state index in [4.69, 9.17) is 15.7 Å². The fourth-order valence-corrected chi connectivity index (χ4v) is 4.21. The Morgan fingerprint density at radius 3 is 2.44 bits per heavy atom. The highest BCUT2D eigenvalue weighted by Crippen LogP contribution is 2.36. The molecule has 1 fully saturated rings. The molecule has 0 atom stereocenters. The van der Waals surface area contributed by atoms with Gasteiger partial charge in [-0.1, -0.05) is 18.2 Å². The predicted molar refractivity (Wildman–Crippen MR) is 128 cm³/mol. The minimum atomic E-state index is -0.809. The number of amides is 1. The molecule has 0 bridgehead atoms. The minimum Gasteiger partial charge on any atom is -0.425 e. The van der Waals surface area contributed by atoms with Crippen LogP contribution < -0.4 is 15.8 Å². The Morgan fingerprint density at radius 2 is 1.81 bits per heavy atom.